The topological polar surface area (TPSA) is 138 Å². The smallest absolute Gasteiger partial charge is 0.328 e. The fraction of sp³-hybridized carbons (Fsp3) is 0.417. The summed E-state index contributed by atoms with van der Waals surface area (Å²) in [6.07, 6.45) is 3.03. The van der Waals surface area contributed by atoms with Crippen LogP contribution in [0.5, 0.6) is 5.75 Å². The molecule has 11 heteroatoms. The molecule has 2 aromatic heterocycles. The van der Waals surface area contributed by atoms with Crippen molar-refractivity contribution in [3.63, 3.8) is 0 Å². The average Bonchev–Trinajstić information content (AvgIpc) is 2.83. The van der Waals surface area contributed by atoms with E-state index in [1.54, 1.807) is 21.1 Å². The Balaban J connectivity index is 1.85. The predicted molar refractivity (Wildman–Crippen MR) is 127 cm³/mol. The van der Waals surface area contributed by atoms with Gasteiger partial charge in [-0.3, -0.25) is 19.8 Å². The number of aldehydes is 1. The third-order valence-corrected chi connectivity index (χ3v) is 5.53. The van der Waals surface area contributed by atoms with E-state index in [9.17, 15) is 19.6 Å². The number of anilines is 2. The molecule has 11 nitrogen and oxygen atoms in total. The first-order valence-electron chi connectivity index (χ1n) is 11.1. The molecule has 0 saturated carbocycles. The number of ether oxygens (including phenoxy) is 2. The Bertz CT molecular complexity index is 1160. The number of carbonyl (C=O) groups excluding carboxylic acids is 3. The summed E-state index contributed by atoms with van der Waals surface area (Å²) in [6.45, 7) is 4.22. The first kappa shape index (κ1) is 25.6. The van der Waals surface area contributed by atoms with E-state index in [1.807, 2.05) is 12.1 Å². The van der Waals surface area contributed by atoms with Gasteiger partial charge in [0.2, 0.25) is 5.91 Å². The van der Waals surface area contributed by atoms with Gasteiger partial charge in [-0.05, 0) is 31.4 Å². The molecule has 0 radical (unpaired) electrons. The summed E-state index contributed by atoms with van der Waals surface area (Å²) in [7, 11) is 3.20. The van der Waals surface area contributed by atoms with Gasteiger partial charge in [-0.15, -0.1) is 0 Å². The fourth-order valence-corrected chi connectivity index (χ4v) is 3.70. The molecule has 0 aromatic carbocycles. The van der Waals surface area contributed by atoms with Crippen LogP contribution in [-0.2, 0) is 22.5 Å². The Kier molecular flexibility index (Phi) is 8.33. The number of hydrogen-bond donors (Lipinski definition) is 1. The van der Waals surface area contributed by atoms with Crippen molar-refractivity contribution in [3.05, 3.63) is 40.7 Å². The van der Waals surface area contributed by atoms with E-state index in [-0.39, 0.29) is 41.4 Å². The van der Waals surface area contributed by atoms with Crippen molar-refractivity contribution < 1.29 is 23.9 Å². The molecule has 0 fully saturated rings. The zero-order chi connectivity index (χ0) is 25.5. The molecular formula is C24H28N6O5. The molecule has 0 aliphatic carbocycles. The van der Waals surface area contributed by atoms with Crippen LogP contribution in [0.15, 0.2) is 18.3 Å². The SMILES string of the molecule is COCC(C)Oc1cc(NC(=O)N2CCCc3cc(CN(C)C(C)=O)c(C=O)nc32)ncc1C#N. The molecule has 3 rings (SSSR count). The van der Waals surface area contributed by atoms with Gasteiger partial charge in [-0.25, -0.2) is 14.8 Å². The van der Waals surface area contributed by atoms with Crippen LogP contribution >= 0.6 is 0 Å². The van der Waals surface area contributed by atoms with Crippen LogP contribution in [0.3, 0.4) is 0 Å². The number of aryl methyl sites for hydroxylation is 1. The monoisotopic (exact) mass is 480 g/mol. The lowest BCUT2D eigenvalue weighted by Gasteiger charge is -2.29. The van der Waals surface area contributed by atoms with Crippen LogP contribution in [0.25, 0.3) is 0 Å². The quantitative estimate of drug-likeness (QED) is 0.569. The van der Waals surface area contributed by atoms with Crippen molar-refractivity contribution in [1.29, 1.82) is 5.26 Å². The van der Waals surface area contributed by atoms with Gasteiger partial charge >= 0.3 is 6.03 Å². The molecule has 1 atom stereocenters. The van der Waals surface area contributed by atoms with Crippen molar-refractivity contribution in [2.24, 2.45) is 0 Å². The van der Waals surface area contributed by atoms with Crippen LogP contribution in [-0.4, -0.2) is 66.5 Å². The van der Waals surface area contributed by atoms with Gasteiger partial charge in [0, 0.05) is 45.8 Å². The second-order valence-electron chi connectivity index (χ2n) is 8.26. The van der Waals surface area contributed by atoms with Crippen molar-refractivity contribution in [2.75, 3.05) is 37.5 Å². The largest absolute Gasteiger partial charge is 0.487 e. The minimum atomic E-state index is -0.475. The first-order chi connectivity index (χ1) is 16.8. The maximum atomic E-state index is 13.1. The van der Waals surface area contributed by atoms with Crippen molar-refractivity contribution in [2.45, 2.75) is 39.3 Å². The molecule has 3 heterocycles. The number of methoxy groups -OCH3 is 1. The predicted octanol–water partition coefficient (Wildman–Crippen LogP) is 2.54. The molecule has 184 valence electrons. The molecule has 1 unspecified atom stereocenters. The van der Waals surface area contributed by atoms with Crippen molar-refractivity contribution in [3.8, 4) is 11.8 Å². The highest BCUT2D eigenvalue weighted by Crippen LogP contribution is 2.29. The van der Waals surface area contributed by atoms with Crippen molar-refractivity contribution >= 4 is 29.9 Å². The van der Waals surface area contributed by atoms with Crippen LogP contribution in [0, 0.1) is 11.3 Å². The Hall–Kier alpha value is -4.04. The lowest BCUT2D eigenvalue weighted by atomic mass is 10.0. The first-order valence-corrected chi connectivity index (χ1v) is 11.1. The number of fused-ring (bicyclic) bond motifs is 1. The minimum absolute atomic E-state index is 0.129. The van der Waals surface area contributed by atoms with E-state index in [2.05, 4.69) is 15.3 Å². The Morgan fingerprint density at radius 3 is 2.83 bits per heavy atom. The highest BCUT2D eigenvalue weighted by Gasteiger charge is 2.27. The molecule has 0 saturated heterocycles. The van der Waals surface area contributed by atoms with E-state index in [1.165, 1.54) is 29.0 Å². The fourth-order valence-electron chi connectivity index (χ4n) is 3.70. The maximum Gasteiger partial charge on any atom is 0.328 e. The number of hydrogen-bond acceptors (Lipinski definition) is 8. The summed E-state index contributed by atoms with van der Waals surface area (Å²) < 4.78 is 10.8. The normalized spacial score (nSPS) is 13.3. The molecule has 1 N–H and O–H groups in total. The second-order valence-corrected chi connectivity index (χ2v) is 8.26. The van der Waals surface area contributed by atoms with Gasteiger partial charge in [-0.2, -0.15) is 5.26 Å². The second kappa shape index (κ2) is 11.4. The van der Waals surface area contributed by atoms with Crippen LogP contribution in [0.4, 0.5) is 16.4 Å². The molecule has 35 heavy (non-hydrogen) atoms. The minimum Gasteiger partial charge on any atom is -0.487 e. The molecule has 0 spiro atoms. The van der Waals surface area contributed by atoms with Crippen LogP contribution < -0.4 is 15.0 Å². The number of pyridine rings is 2. The molecule has 3 amide bonds. The van der Waals surface area contributed by atoms with Gasteiger partial charge in [0.05, 0.1) is 12.8 Å². The standard InChI is InChI=1S/C24H28N6O5/c1-15(14-34-4)35-21-9-22(26-11-19(21)10-25)28-24(33)30-7-5-6-17-8-18(12-29(3)16(2)32)20(13-31)27-23(17)30/h8-9,11,13,15H,5-7,12,14H2,1-4H3,(H,26,28,33). The van der Waals surface area contributed by atoms with Crippen LogP contribution in [0.1, 0.15) is 47.4 Å². The number of rotatable bonds is 8. The summed E-state index contributed by atoms with van der Waals surface area (Å²) >= 11 is 0. The van der Waals surface area contributed by atoms with Gasteiger partial charge in [0.15, 0.2) is 6.29 Å². The molecule has 1 aliphatic heterocycles. The number of aromatic nitrogens is 2. The third-order valence-electron chi connectivity index (χ3n) is 5.53. The number of amides is 3. The highest BCUT2D eigenvalue weighted by molar-refractivity contribution is 6.01. The molecular weight excluding hydrogens is 452 g/mol. The van der Waals surface area contributed by atoms with Gasteiger partial charge in [0.1, 0.15) is 40.8 Å². The van der Waals surface area contributed by atoms with Crippen molar-refractivity contribution in [1.82, 2.24) is 14.9 Å². The van der Waals surface area contributed by atoms with E-state index >= 15 is 0 Å². The number of nitrogens with one attached hydrogen (secondary N) is 1. The Labute approximate surface area is 203 Å². The third kappa shape index (κ3) is 6.10. The zero-order valence-electron chi connectivity index (χ0n) is 20.2. The van der Waals surface area contributed by atoms with E-state index < -0.39 is 6.03 Å². The summed E-state index contributed by atoms with van der Waals surface area (Å²) in [4.78, 5) is 48.0. The Morgan fingerprint density at radius 1 is 1.40 bits per heavy atom. The van der Waals surface area contributed by atoms with Gasteiger partial charge < -0.3 is 14.4 Å². The zero-order valence-corrected chi connectivity index (χ0v) is 20.2. The number of carbonyl (C=O) groups is 3. The summed E-state index contributed by atoms with van der Waals surface area (Å²) in [5.41, 5.74) is 1.85. The number of nitrogens with zero attached hydrogens (tertiary/aromatic N) is 5. The maximum absolute atomic E-state index is 13.1. The molecule has 0 bridgehead atoms. The summed E-state index contributed by atoms with van der Waals surface area (Å²) in [5.74, 6) is 0.748. The lowest BCUT2D eigenvalue weighted by molar-refractivity contribution is -0.128. The van der Waals surface area contributed by atoms with Gasteiger partial charge in [0.25, 0.3) is 0 Å². The lowest BCUT2D eigenvalue weighted by Crippen LogP contribution is -2.40. The molecule has 2 aromatic rings. The van der Waals surface area contributed by atoms with E-state index in [4.69, 9.17) is 9.47 Å². The van der Waals surface area contributed by atoms with Gasteiger partial charge in [-0.1, -0.05) is 0 Å². The molecule has 1 aliphatic rings. The Morgan fingerprint density at radius 2 is 2.17 bits per heavy atom. The highest BCUT2D eigenvalue weighted by atomic mass is 16.5. The van der Waals surface area contributed by atoms with E-state index in [0.29, 0.717) is 43.7 Å². The number of urea groups is 1. The number of nitriles is 1. The van der Waals surface area contributed by atoms with Crippen LogP contribution in [0.2, 0.25) is 0 Å². The summed E-state index contributed by atoms with van der Waals surface area (Å²) in [6, 6.07) is 4.86. The summed E-state index contributed by atoms with van der Waals surface area (Å²) in [5, 5.41) is 12.1. The van der Waals surface area contributed by atoms with E-state index in [0.717, 1.165) is 5.56 Å². The average molecular weight is 481 g/mol.